The predicted molar refractivity (Wildman–Crippen MR) is 95.2 cm³/mol. The zero-order valence-electron chi connectivity index (χ0n) is 13.0. The number of aliphatic imine (C=N–C) groups is 1. The van der Waals surface area contributed by atoms with Crippen LogP contribution in [0.25, 0.3) is 11.3 Å². The lowest BCUT2D eigenvalue weighted by molar-refractivity contribution is 0.415. The zero-order chi connectivity index (χ0) is 16.9. The molecule has 0 aliphatic heterocycles. The lowest BCUT2D eigenvalue weighted by Crippen LogP contribution is -1.86. The van der Waals surface area contributed by atoms with Crippen molar-refractivity contribution in [2.45, 2.75) is 6.54 Å². The lowest BCUT2D eigenvalue weighted by Gasteiger charge is -2.00. The average Bonchev–Trinajstić information content (AvgIpc) is 3.06. The molecule has 2 N–H and O–H groups in total. The molecule has 0 aliphatic rings. The summed E-state index contributed by atoms with van der Waals surface area (Å²) >= 11 is 1.54. The number of nitrogens with zero attached hydrogens (tertiary/aromatic N) is 2. The summed E-state index contributed by atoms with van der Waals surface area (Å²) in [5.74, 6) is 0.832. The molecule has 0 radical (unpaired) electrons. The summed E-state index contributed by atoms with van der Waals surface area (Å²) in [4.78, 5) is 8.86. The highest BCUT2D eigenvalue weighted by atomic mass is 32.1. The molecule has 3 aromatic rings. The number of methoxy groups -OCH3 is 1. The fraction of sp³-hybridized carbons (Fsp3) is 0.111. The lowest BCUT2D eigenvalue weighted by atomic mass is 10.2. The molecule has 5 nitrogen and oxygen atoms in total. The maximum absolute atomic E-state index is 9.71. The standard InChI is InChI=1S/C18H16N2O3S/c1-23-15-6-3-12(4-7-15)16-11-24-18(20-16)10-19-9-13-2-5-14(21)8-17(13)22/h2-9,11,21-22H,10H2,1H3. The highest BCUT2D eigenvalue weighted by molar-refractivity contribution is 7.09. The van der Waals surface area contributed by atoms with Crippen molar-refractivity contribution in [2.24, 2.45) is 4.99 Å². The van der Waals surface area contributed by atoms with E-state index in [1.165, 1.54) is 23.5 Å². The van der Waals surface area contributed by atoms with Crippen LogP contribution >= 0.6 is 11.3 Å². The Morgan fingerprint density at radius 1 is 1.17 bits per heavy atom. The number of hydrogen-bond donors (Lipinski definition) is 2. The second-order valence-corrected chi connectivity index (χ2v) is 6.01. The normalized spacial score (nSPS) is 11.0. The van der Waals surface area contributed by atoms with Gasteiger partial charge in [-0.15, -0.1) is 11.3 Å². The zero-order valence-corrected chi connectivity index (χ0v) is 13.8. The average molecular weight is 340 g/mol. The van der Waals surface area contributed by atoms with Crippen molar-refractivity contribution >= 4 is 17.6 Å². The van der Waals surface area contributed by atoms with Crippen LogP contribution in [-0.4, -0.2) is 28.5 Å². The summed E-state index contributed by atoms with van der Waals surface area (Å²) < 4.78 is 5.15. The minimum absolute atomic E-state index is 0.00295. The van der Waals surface area contributed by atoms with Gasteiger partial charge >= 0.3 is 0 Å². The van der Waals surface area contributed by atoms with E-state index in [0.717, 1.165) is 22.0 Å². The molecule has 122 valence electrons. The third-order valence-electron chi connectivity index (χ3n) is 3.41. The fourth-order valence-electron chi connectivity index (χ4n) is 2.14. The Balaban J connectivity index is 1.68. The number of aromatic hydroxyl groups is 2. The molecular weight excluding hydrogens is 324 g/mol. The molecule has 6 heteroatoms. The molecule has 0 bridgehead atoms. The van der Waals surface area contributed by atoms with E-state index >= 15 is 0 Å². The molecule has 3 rings (SSSR count). The van der Waals surface area contributed by atoms with Crippen LogP contribution in [-0.2, 0) is 6.54 Å². The van der Waals surface area contributed by atoms with Gasteiger partial charge < -0.3 is 14.9 Å². The van der Waals surface area contributed by atoms with Gasteiger partial charge in [0.2, 0.25) is 0 Å². The minimum Gasteiger partial charge on any atom is -0.508 e. The Hall–Kier alpha value is -2.86. The SMILES string of the molecule is COc1ccc(-c2csc(CN=Cc3ccc(O)cc3O)n2)cc1. The Morgan fingerprint density at radius 3 is 2.67 bits per heavy atom. The van der Waals surface area contributed by atoms with Crippen molar-refractivity contribution in [2.75, 3.05) is 7.11 Å². The molecule has 0 fully saturated rings. The van der Waals surface area contributed by atoms with Crippen molar-refractivity contribution < 1.29 is 14.9 Å². The summed E-state index contributed by atoms with van der Waals surface area (Å²) in [5.41, 5.74) is 2.48. The second kappa shape index (κ2) is 7.14. The van der Waals surface area contributed by atoms with Crippen molar-refractivity contribution in [3.05, 3.63) is 58.4 Å². The minimum atomic E-state index is -0.00295. The number of benzene rings is 2. The number of hydrogen-bond acceptors (Lipinski definition) is 6. The van der Waals surface area contributed by atoms with Gasteiger partial charge in [0.05, 0.1) is 19.3 Å². The first kappa shape index (κ1) is 16.0. The first-order valence-electron chi connectivity index (χ1n) is 7.26. The molecule has 0 spiro atoms. The van der Waals surface area contributed by atoms with Crippen LogP contribution in [0.5, 0.6) is 17.2 Å². The van der Waals surface area contributed by atoms with E-state index in [-0.39, 0.29) is 11.5 Å². The molecule has 24 heavy (non-hydrogen) atoms. The van der Waals surface area contributed by atoms with Crippen LogP contribution in [0.4, 0.5) is 0 Å². The smallest absolute Gasteiger partial charge is 0.128 e. The monoisotopic (exact) mass is 340 g/mol. The van der Waals surface area contributed by atoms with Crippen LogP contribution in [0.3, 0.4) is 0 Å². The van der Waals surface area contributed by atoms with Crippen LogP contribution in [0, 0.1) is 0 Å². The third kappa shape index (κ3) is 3.72. The summed E-state index contributed by atoms with van der Waals surface area (Å²) in [7, 11) is 1.64. The van der Waals surface area contributed by atoms with E-state index in [0.29, 0.717) is 12.1 Å². The van der Waals surface area contributed by atoms with Crippen LogP contribution in [0.15, 0.2) is 52.8 Å². The van der Waals surface area contributed by atoms with Gasteiger partial charge in [0.25, 0.3) is 0 Å². The third-order valence-corrected chi connectivity index (χ3v) is 4.24. The second-order valence-electron chi connectivity index (χ2n) is 5.07. The topological polar surface area (TPSA) is 74.9 Å². The number of phenolic OH excluding ortho intramolecular Hbond substituents is 2. The van der Waals surface area contributed by atoms with E-state index in [1.807, 2.05) is 29.6 Å². The number of aromatic nitrogens is 1. The van der Waals surface area contributed by atoms with Crippen molar-refractivity contribution in [1.82, 2.24) is 4.98 Å². The van der Waals surface area contributed by atoms with E-state index in [9.17, 15) is 10.2 Å². The molecular formula is C18H16N2O3S. The van der Waals surface area contributed by atoms with Gasteiger partial charge in [-0.05, 0) is 36.4 Å². The number of rotatable bonds is 5. The summed E-state index contributed by atoms with van der Waals surface area (Å²) in [6.07, 6.45) is 1.57. The van der Waals surface area contributed by atoms with Crippen LogP contribution < -0.4 is 4.74 Å². The molecule has 0 unspecified atom stereocenters. The van der Waals surface area contributed by atoms with Gasteiger partial charge in [0.1, 0.15) is 22.3 Å². The van der Waals surface area contributed by atoms with Gasteiger partial charge in [-0.25, -0.2) is 4.98 Å². The number of thiazole rings is 1. The molecule has 0 atom stereocenters. The van der Waals surface area contributed by atoms with Crippen molar-refractivity contribution in [3.8, 4) is 28.5 Å². The maximum atomic E-state index is 9.71. The van der Waals surface area contributed by atoms with Gasteiger partial charge in [-0.3, -0.25) is 4.99 Å². The van der Waals surface area contributed by atoms with E-state index in [2.05, 4.69) is 9.98 Å². The molecule has 1 aromatic heterocycles. The largest absolute Gasteiger partial charge is 0.508 e. The molecule has 2 aromatic carbocycles. The highest BCUT2D eigenvalue weighted by Crippen LogP contribution is 2.25. The Bertz CT molecular complexity index is 857. The van der Waals surface area contributed by atoms with E-state index in [1.54, 1.807) is 19.4 Å². The van der Waals surface area contributed by atoms with E-state index < -0.39 is 0 Å². The Labute approximate surface area is 143 Å². The first-order valence-corrected chi connectivity index (χ1v) is 8.14. The quantitative estimate of drug-likeness (QED) is 0.692. The molecule has 1 heterocycles. The van der Waals surface area contributed by atoms with Gasteiger partial charge in [-0.2, -0.15) is 0 Å². The molecule has 0 saturated heterocycles. The van der Waals surface area contributed by atoms with Gasteiger partial charge in [0, 0.05) is 28.8 Å². The van der Waals surface area contributed by atoms with Crippen LogP contribution in [0.1, 0.15) is 10.6 Å². The van der Waals surface area contributed by atoms with Crippen molar-refractivity contribution in [1.29, 1.82) is 0 Å². The van der Waals surface area contributed by atoms with Gasteiger partial charge in [0.15, 0.2) is 0 Å². The van der Waals surface area contributed by atoms with E-state index in [4.69, 9.17) is 4.74 Å². The number of ether oxygens (including phenoxy) is 1. The summed E-state index contributed by atoms with van der Waals surface area (Å²) in [5, 5.41) is 21.8. The molecule has 0 aliphatic carbocycles. The Kier molecular flexibility index (Phi) is 4.77. The highest BCUT2D eigenvalue weighted by Gasteiger charge is 2.05. The first-order chi connectivity index (χ1) is 11.7. The summed E-state index contributed by atoms with van der Waals surface area (Å²) in [6.45, 7) is 0.432. The van der Waals surface area contributed by atoms with Gasteiger partial charge in [-0.1, -0.05) is 0 Å². The molecule has 0 saturated carbocycles. The van der Waals surface area contributed by atoms with Crippen molar-refractivity contribution in [3.63, 3.8) is 0 Å². The fourth-order valence-corrected chi connectivity index (χ4v) is 2.88. The number of phenols is 2. The Morgan fingerprint density at radius 2 is 1.96 bits per heavy atom. The maximum Gasteiger partial charge on any atom is 0.128 e. The molecule has 0 amide bonds. The predicted octanol–water partition coefficient (Wildman–Crippen LogP) is 3.85. The van der Waals surface area contributed by atoms with Crippen LogP contribution in [0.2, 0.25) is 0 Å². The summed E-state index contributed by atoms with van der Waals surface area (Å²) in [6, 6.07) is 12.1.